The fourth-order valence-corrected chi connectivity index (χ4v) is 3.21. The molecule has 0 radical (unpaired) electrons. The van der Waals surface area contributed by atoms with Gasteiger partial charge in [0.25, 0.3) is 0 Å². The molecule has 0 amide bonds. The summed E-state index contributed by atoms with van der Waals surface area (Å²) in [6, 6.07) is 9.74. The van der Waals surface area contributed by atoms with E-state index < -0.39 is 0 Å². The van der Waals surface area contributed by atoms with Gasteiger partial charge in [0.2, 0.25) is 0 Å². The summed E-state index contributed by atoms with van der Waals surface area (Å²) in [6.45, 7) is 3.69. The van der Waals surface area contributed by atoms with Crippen molar-refractivity contribution in [2.24, 2.45) is 0 Å². The van der Waals surface area contributed by atoms with Crippen molar-refractivity contribution in [3.63, 3.8) is 0 Å². The van der Waals surface area contributed by atoms with E-state index in [9.17, 15) is 4.39 Å². The Morgan fingerprint density at radius 1 is 1.33 bits per heavy atom. The standard InChI is InChI=1S/C17H18BrFN2/c1-11-8-14(18)15(19)9-16(11)21-10-13-5-2-4-12-6-3-7-20-17(12)13/h2,4-5,8-9,20-21H,3,6-7,10H2,1H3. The summed E-state index contributed by atoms with van der Waals surface area (Å²) in [5.74, 6) is -0.240. The maximum Gasteiger partial charge on any atom is 0.139 e. The molecular weight excluding hydrogens is 331 g/mol. The van der Waals surface area contributed by atoms with E-state index in [-0.39, 0.29) is 5.82 Å². The number of benzene rings is 2. The molecule has 0 atom stereocenters. The first-order valence-corrected chi connectivity index (χ1v) is 7.98. The number of para-hydroxylation sites is 1. The van der Waals surface area contributed by atoms with Crippen LogP contribution >= 0.6 is 15.9 Å². The molecule has 0 fully saturated rings. The van der Waals surface area contributed by atoms with Gasteiger partial charge in [-0.05, 0) is 64.5 Å². The molecule has 110 valence electrons. The van der Waals surface area contributed by atoms with Crippen molar-refractivity contribution >= 4 is 27.3 Å². The van der Waals surface area contributed by atoms with Crippen LogP contribution in [0.5, 0.6) is 0 Å². The van der Waals surface area contributed by atoms with E-state index >= 15 is 0 Å². The molecular formula is C17H18BrFN2. The Bertz CT molecular complexity index is 670. The highest BCUT2D eigenvalue weighted by Gasteiger charge is 2.12. The zero-order valence-electron chi connectivity index (χ0n) is 12.0. The van der Waals surface area contributed by atoms with Crippen LogP contribution in [0.3, 0.4) is 0 Å². The van der Waals surface area contributed by atoms with Crippen molar-refractivity contribution < 1.29 is 4.39 Å². The summed E-state index contributed by atoms with van der Waals surface area (Å²) in [5, 5.41) is 6.83. The third-order valence-electron chi connectivity index (χ3n) is 3.90. The molecule has 2 aromatic rings. The fraction of sp³-hybridized carbons (Fsp3) is 0.294. The summed E-state index contributed by atoms with van der Waals surface area (Å²) in [6.07, 6.45) is 2.31. The second-order valence-electron chi connectivity index (χ2n) is 5.42. The second-order valence-corrected chi connectivity index (χ2v) is 6.27. The Morgan fingerprint density at radius 3 is 3.05 bits per heavy atom. The molecule has 0 saturated heterocycles. The van der Waals surface area contributed by atoms with Gasteiger partial charge in [0.05, 0.1) is 4.47 Å². The van der Waals surface area contributed by atoms with Crippen LogP contribution in [0.15, 0.2) is 34.8 Å². The monoisotopic (exact) mass is 348 g/mol. The number of anilines is 2. The van der Waals surface area contributed by atoms with Gasteiger partial charge in [0.15, 0.2) is 0 Å². The van der Waals surface area contributed by atoms with Crippen molar-refractivity contribution in [3.8, 4) is 0 Å². The summed E-state index contributed by atoms with van der Waals surface area (Å²) in [4.78, 5) is 0. The van der Waals surface area contributed by atoms with Crippen molar-refractivity contribution in [1.29, 1.82) is 0 Å². The lowest BCUT2D eigenvalue weighted by molar-refractivity contribution is 0.621. The molecule has 2 nitrogen and oxygen atoms in total. The number of hydrogen-bond acceptors (Lipinski definition) is 2. The Morgan fingerprint density at radius 2 is 2.19 bits per heavy atom. The normalized spacial score (nSPS) is 13.5. The first-order chi connectivity index (χ1) is 10.1. The predicted molar refractivity (Wildman–Crippen MR) is 89.4 cm³/mol. The lowest BCUT2D eigenvalue weighted by Gasteiger charge is -2.22. The van der Waals surface area contributed by atoms with Gasteiger partial charge in [-0.3, -0.25) is 0 Å². The average molecular weight is 349 g/mol. The van der Waals surface area contributed by atoms with E-state index in [0.717, 1.165) is 24.2 Å². The van der Waals surface area contributed by atoms with Gasteiger partial charge in [0.1, 0.15) is 5.82 Å². The van der Waals surface area contributed by atoms with Crippen molar-refractivity contribution in [2.75, 3.05) is 17.2 Å². The van der Waals surface area contributed by atoms with Gasteiger partial charge < -0.3 is 10.6 Å². The average Bonchev–Trinajstić information content (AvgIpc) is 2.49. The van der Waals surface area contributed by atoms with Gasteiger partial charge in [-0.2, -0.15) is 0 Å². The highest BCUT2D eigenvalue weighted by atomic mass is 79.9. The summed E-state index contributed by atoms with van der Waals surface area (Å²) in [7, 11) is 0. The Labute approximate surface area is 132 Å². The van der Waals surface area contributed by atoms with Gasteiger partial charge in [0, 0.05) is 24.5 Å². The lowest BCUT2D eigenvalue weighted by Crippen LogP contribution is -2.15. The highest BCUT2D eigenvalue weighted by molar-refractivity contribution is 9.10. The fourth-order valence-electron chi connectivity index (χ4n) is 2.76. The minimum absolute atomic E-state index is 0.240. The Balaban J connectivity index is 1.81. The second kappa shape index (κ2) is 6.06. The number of fused-ring (bicyclic) bond motifs is 1. The zero-order chi connectivity index (χ0) is 14.8. The van der Waals surface area contributed by atoms with Crippen LogP contribution in [-0.2, 0) is 13.0 Å². The number of nitrogens with one attached hydrogen (secondary N) is 2. The first-order valence-electron chi connectivity index (χ1n) is 7.19. The molecule has 4 heteroatoms. The molecule has 3 rings (SSSR count). The van der Waals surface area contributed by atoms with E-state index in [1.807, 2.05) is 6.92 Å². The highest BCUT2D eigenvalue weighted by Crippen LogP contribution is 2.28. The Kier molecular flexibility index (Phi) is 4.15. The van der Waals surface area contributed by atoms with E-state index in [1.54, 1.807) is 12.1 Å². The number of aryl methyl sites for hydroxylation is 2. The van der Waals surface area contributed by atoms with Crippen LogP contribution in [0.4, 0.5) is 15.8 Å². The van der Waals surface area contributed by atoms with Gasteiger partial charge in [-0.1, -0.05) is 18.2 Å². The van der Waals surface area contributed by atoms with Crippen LogP contribution in [0.25, 0.3) is 0 Å². The van der Waals surface area contributed by atoms with Crippen LogP contribution < -0.4 is 10.6 Å². The predicted octanol–water partition coefficient (Wildman–Crippen LogP) is 4.87. The van der Waals surface area contributed by atoms with E-state index in [1.165, 1.54) is 23.2 Å². The number of hydrogen-bond donors (Lipinski definition) is 2. The maximum atomic E-state index is 13.7. The molecule has 1 heterocycles. The van der Waals surface area contributed by atoms with Crippen LogP contribution in [0.2, 0.25) is 0 Å². The third kappa shape index (κ3) is 3.05. The third-order valence-corrected chi connectivity index (χ3v) is 4.51. The molecule has 0 bridgehead atoms. The van der Waals surface area contributed by atoms with E-state index in [2.05, 4.69) is 44.8 Å². The summed E-state index contributed by atoms with van der Waals surface area (Å²) in [5.41, 5.74) is 5.71. The number of halogens is 2. The van der Waals surface area contributed by atoms with Gasteiger partial charge in [-0.25, -0.2) is 4.39 Å². The summed E-state index contributed by atoms with van der Waals surface area (Å²) >= 11 is 3.21. The first kappa shape index (κ1) is 14.4. The molecule has 1 aliphatic heterocycles. The molecule has 0 spiro atoms. The van der Waals surface area contributed by atoms with Crippen LogP contribution in [-0.4, -0.2) is 6.54 Å². The largest absolute Gasteiger partial charge is 0.385 e. The minimum atomic E-state index is -0.240. The molecule has 0 aliphatic carbocycles. The molecule has 1 aliphatic rings. The summed E-state index contributed by atoms with van der Waals surface area (Å²) < 4.78 is 14.2. The zero-order valence-corrected chi connectivity index (χ0v) is 13.6. The minimum Gasteiger partial charge on any atom is -0.385 e. The van der Waals surface area contributed by atoms with Gasteiger partial charge in [-0.15, -0.1) is 0 Å². The molecule has 2 N–H and O–H groups in total. The van der Waals surface area contributed by atoms with E-state index in [4.69, 9.17) is 0 Å². The van der Waals surface area contributed by atoms with Crippen LogP contribution in [0.1, 0.15) is 23.1 Å². The van der Waals surface area contributed by atoms with Crippen molar-refractivity contribution in [3.05, 3.63) is 57.3 Å². The quantitative estimate of drug-likeness (QED) is 0.826. The van der Waals surface area contributed by atoms with Crippen molar-refractivity contribution in [1.82, 2.24) is 0 Å². The maximum absolute atomic E-state index is 13.7. The molecule has 2 aromatic carbocycles. The molecule has 21 heavy (non-hydrogen) atoms. The topological polar surface area (TPSA) is 24.1 Å². The van der Waals surface area contributed by atoms with Crippen molar-refractivity contribution in [2.45, 2.75) is 26.3 Å². The SMILES string of the molecule is Cc1cc(Br)c(F)cc1NCc1cccc2c1NCCC2. The Hall–Kier alpha value is -1.55. The van der Waals surface area contributed by atoms with Gasteiger partial charge >= 0.3 is 0 Å². The molecule has 0 aromatic heterocycles. The smallest absolute Gasteiger partial charge is 0.139 e. The molecule has 0 saturated carbocycles. The number of rotatable bonds is 3. The van der Waals surface area contributed by atoms with E-state index in [0.29, 0.717) is 11.0 Å². The lowest BCUT2D eigenvalue weighted by atomic mass is 9.99. The molecule has 0 unspecified atom stereocenters. The van der Waals surface area contributed by atoms with Crippen LogP contribution in [0, 0.1) is 12.7 Å².